The fourth-order valence-electron chi connectivity index (χ4n) is 2.21. The van der Waals surface area contributed by atoms with Crippen molar-refractivity contribution >= 4 is 23.2 Å². The maximum atomic E-state index is 12.1. The summed E-state index contributed by atoms with van der Waals surface area (Å²) in [4.78, 5) is 28.5. The molecule has 104 valence electrons. The summed E-state index contributed by atoms with van der Waals surface area (Å²) in [7, 11) is 0. The van der Waals surface area contributed by atoms with Gasteiger partial charge >= 0.3 is 5.97 Å². The van der Waals surface area contributed by atoms with E-state index in [1.807, 2.05) is 20.8 Å². The van der Waals surface area contributed by atoms with Crippen molar-refractivity contribution in [2.75, 3.05) is 0 Å². The van der Waals surface area contributed by atoms with Gasteiger partial charge in [0.2, 0.25) is 5.91 Å². The van der Waals surface area contributed by atoms with Crippen LogP contribution in [-0.4, -0.2) is 22.0 Å². The van der Waals surface area contributed by atoms with E-state index in [0.717, 1.165) is 9.88 Å². The van der Waals surface area contributed by atoms with E-state index in [1.165, 1.54) is 11.3 Å². The molecule has 2 atom stereocenters. The average Bonchev–Trinajstić information content (AvgIpc) is 2.61. The summed E-state index contributed by atoms with van der Waals surface area (Å²) in [5, 5.41) is 12.7. The number of thiazole rings is 1. The summed E-state index contributed by atoms with van der Waals surface area (Å²) >= 11 is 1.54. The van der Waals surface area contributed by atoms with E-state index in [4.69, 9.17) is 5.11 Å². The molecule has 0 aliphatic heterocycles. The van der Waals surface area contributed by atoms with Crippen LogP contribution in [0.1, 0.15) is 36.6 Å². The predicted molar refractivity (Wildman–Crippen MR) is 71.9 cm³/mol. The molecule has 19 heavy (non-hydrogen) atoms. The molecule has 1 saturated carbocycles. The molecule has 2 unspecified atom stereocenters. The molecule has 5 nitrogen and oxygen atoms in total. The fraction of sp³-hybridized carbons (Fsp3) is 0.615. The van der Waals surface area contributed by atoms with Crippen molar-refractivity contribution < 1.29 is 14.7 Å². The maximum absolute atomic E-state index is 12.1. The molecule has 0 aromatic carbocycles. The summed E-state index contributed by atoms with van der Waals surface area (Å²) in [6.45, 7) is 5.74. The first kappa shape index (κ1) is 14.0. The lowest BCUT2D eigenvalue weighted by atomic mass is 9.73. The molecule has 6 heteroatoms. The number of carboxylic acids is 1. The topological polar surface area (TPSA) is 79.3 Å². The van der Waals surface area contributed by atoms with Crippen LogP contribution in [-0.2, 0) is 15.1 Å². The Bertz CT molecular complexity index is 510. The van der Waals surface area contributed by atoms with Crippen molar-refractivity contribution in [3.63, 3.8) is 0 Å². The summed E-state index contributed by atoms with van der Waals surface area (Å²) in [6, 6.07) is 0. The quantitative estimate of drug-likeness (QED) is 0.884. The van der Waals surface area contributed by atoms with Crippen LogP contribution in [0.3, 0.4) is 0 Å². The molecule has 2 rings (SSSR count). The Balaban J connectivity index is 2.04. The monoisotopic (exact) mass is 282 g/mol. The number of amides is 1. The van der Waals surface area contributed by atoms with E-state index >= 15 is 0 Å². The summed E-state index contributed by atoms with van der Waals surface area (Å²) in [5.41, 5.74) is -0.561. The zero-order valence-corrected chi connectivity index (χ0v) is 12.1. The third kappa shape index (κ3) is 2.78. The van der Waals surface area contributed by atoms with E-state index in [2.05, 4.69) is 10.3 Å². The zero-order valence-electron chi connectivity index (χ0n) is 11.3. The van der Waals surface area contributed by atoms with E-state index in [-0.39, 0.29) is 5.91 Å². The molecular weight excluding hydrogens is 264 g/mol. The Morgan fingerprint density at radius 1 is 1.42 bits per heavy atom. The Morgan fingerprint density at radius 3 is 2.47 bits per heavy atom. The van der Waals surface area contributed by atoms with Crippen LogP contribution in [0.5, 0.6) is 0 Å². The second kappa shape index (κ2) is 4.92. The number of carbonyl (C=O) groups is 2. The number of nitrogens with zero attached hydrogens (tertiary/aromatic N) is 1. The van der Waals surface area contributed by atoms with Crippen molar-refractivity contribution in [3.05, 3.63) is 16.1 Å². The van der Waals surface area contributed by atoms with Gasteiger partial charge in [0.1, 0.15) is 5.01 Å². The number of carbonyl (C=O) groups excluding carboxylic acids is 1. The summed E-state index contributed by atoms with van der Waals surface area (Å²) in [5.74, 6) is -2.00. The zero-order chi connectivity index (χ0) is 14.2. The molecule has 1 aliphatic rings. The fourth-order valence-corrected chi connectivity index (χ4v) is 3.03. The van der Waals surface area contributed by atoms with Gasteiger partial charge in [-0.3, -0.25) is 9.59 Å². The largest absolute Gasteiger partial charge is 0.481 e. The molecule has 0 spiro atoms. The number of rotatable bonds is 4. The Labute approximate surface area is 116 Å². The van der Waals surface area contributed by atoms with E-state index in [1.54, 1.807) is 6.20 Å². The first-order valence-corrected chi connectivity index (χ1v) is 7.10. The van der Waals surface area contributed by atoms with Crippen molar-refractivity contribution in [3.8, 4) is 0 Å². The van der Waals surface area contributed by atoms with Crippen LogP contribution in [0.4, 0.5) is 0 Å². The summed E-state index contributed by atoms with van der Waals surface area (Å²) in [6.07, 6.45) is 3.01. The van der Waals surface area contributed by atoms with Gasteiger partial charge < -0.3 is 10.4 Å². The Kier molecular flexibility index (Phi) is 3.62. The van der Waals surface area contributed by atoms with E-state index < -0.39 is 23.3 Å². The maximum Gasteiger partial charge on any atom is 0.307 e. The van der Waals surface area contributed by atoms with Crippen LogP contribution < -0.4 is 5.32 Å². The lowest BCUT2D eigenvalue weighted by Crippen LogP contribution is -2.49. The van der Waals surface area contributed by atoms with Gasteiger partial charge in [-0.1, -0.05) is 0 Å². The van der Waals surface area contributed by atoms with Crippen molar-refractivity contribution in [1.29, 1.82) is 0 Å². The van der Waals surface area contributed by atoms with Gasteiger partial charge in [0.15, 0.2) is 0 Å². The third-order valence-corrected chi connectivity index (χ3v) is 4.76. The standard InChI is InChI=1S/C13H18N2O3S/c1-7-6-14-12(19-7)13(2,3)15-10(16)8-4-5-9(8)11(17)18/h6,8-9H,4-5H2,1-3H3,(H,15,16)(H,17,18). The van der Waals surface area contributed by atoms with E-state index in [0.29, 0.717) is 12.8 Å². The highest BCUT2D eigenvalue weighted by molar-refractivity contribution is 7.11. The second-order valence-electron chi connectivity index (χ2n) is 5.52. The number of carboxylic acid groups (broad SMARTS) is 1. The van der Waals surface area contributed by atoms with Gasteiger partial charge in [-0.25, -0.2) is 4.98 Å². The predicted octanol–water partition coefficient (Wildman–Crippen LogP) is 1.91. The number of aryl methyl sites for hydroxylation is 1. The van der Waals surface area contributed by atoms with Gasteiger partial charge in [0.25, 0.3) is 0 Å². The van der Waals surface area contributed by atoms with Gasteiger partial charge in [-0.2, -0.15) is 0 Å². The molecule has 0 radical (unpaired) electrons. The molecule has 0 bridgehead atoms. The SMILES string of the molecule is Cc1cnc(C(C)(C)NC(=O)C2CCC2C(=O)O)s1. The molecule has 1 aromatic heterocycles. The molecule has 0 saturated heterocycles. The first-order valence-electron chi connectivity index (χ1n) is 6.29. The van der Waals surface area contributed by atoms with Crippen LogP contribution >= 0.6 is 11.3 Å². The number of hydrogen-bond acceptors (Lipinski definition) is 4. The second-order valence-corrected chi connectivity index (χ2v) is 6.75. The molecule has 1 heterocycles. The van der Waals surface area contributed by atoms with Gasteiger partial charge in [-0.15, -0.1) is 11.3 Å². The van der Waals surface area contributed by atoms with Crippen molar-refractivity contribution in [2.45, 2.75) is 39.2 Å². The smallest absolute Gasteiger partial charge is 0.307 e. The van der Waals surface area contributed by atoms with Crippen LogP contribution in [0.15, 0.2) is 6.20 Å². The molecule has 1 amide bonds. The third-order valence-electron chi connectivity index (χ3n) is 3.52. The van der Waals surface area contributed by atoms with Crippen LogP contribution in [0, 0.1) is 18.8 Å². The molecule has 1 aliphatic carbocycles. The number of nitrogens with one attached hydrogen (secondary N) is 1. The molecule has 2 N–H and O–H groups in total. The Hall–Kier alpha value is -1.43. The lowest BCUT2D eigenvalue weighted by molar-refractivity contribution is -0.153. The minimum atomic E-state index is -0.880. The minimum absolute atomic E-state index is 0.184. The summed E-state index contributed by atoms with van der Waals surface area (Å²) < 4.78 is 0. The highest BCUT2D eigenvalue weighted by Crippen LogP contribution is 2.35. The van der Waals surface area contributed by atoms with Gasteiger partial charge in [-0.05, 0) is 33.6 Å². The molecular formula is C13H18N2O3S. The normalized spacial score (nSPS) is 22.7. The van der Waals surface area contributed by atoms with Crippen molar-refractivity contribution in [2.24, 2.45) is 11.8 Å². The van der Waals surface area contributed by atoms with E-state index in [9.17, 15) is 9.59 Å². The number of hydrogen-bond donors (Lipinski definition) is 2. The van der Waals surface area contributed by atoms with Crippen LogP contribution in [0.2, 0.25) is 0 Å². The Morgan fingerprint density at radius 2 is 2.05 bits per heavy atom. The van der Waals surface area contributed by atoms with Crippen molar-refractivity contribution in [1.82, 2.24) is 10.3 Å². The lowest BCUT2D eigenvalue weighted by Gasteiger charge is -2.35. The minimum Gasteiger partial charge on any atom is -0.481 e. The first-order chi connectivity index (χ1) is 8.81. The molecule has 1 aromatic rings. The highest BCUT2D eigenvalue weighted by Gasteiger charge is 2.43. The van der Waals surface area contributed by atoms with Gasteiger partial charge in [0, 0.05) is 11.1 Å². The highest BCUT2D eigenvalue weighted by atomic mass is 32.1. The van der Waals surface area contributed by atoms with Gasteiger partial charge in [0.05, 0.1) is 17.4 Å². The average molecular weight is 282 g/mol. The number of aliphatic carboxylic acids is 1. The molecule has 1 fully saturated rings. The van der Waals surface area contributed by atoms with Crippen LogP contribution in [0.25, 0.3) is 0 Å². The number of aromatic nitrogens is 1.